The minimum Gasteiger partial charge on any atom is -0.451 e. The van der Waals surface area contributed by atoms with E-state index in [4.69, 9.17) is 4.42 Å². The largest absolute Gasteiger partial charge is 0.451 e. The molecule has 3 heterocycles. The molecule has 80 valence electrons. The SMILES string of the molecule is c1c[nH]c(C(c2cocn2)c2ccc[nH]2)c1. The Morgan fingerprint density at radius 3 is 2.19 bits per heavy atom. The number of aromatic amines is 2. The number of rotatable bonds is 3. The van der Waals surface area contributed by atoms with Crippen LogP contribution in [0.25, 0.3) is 0 Å². The normalized spacial score (nSPS) is 11.1. The predicted octanol–water partition coefficient (Wildman–Crippen LogP) is 2.51. The van der Waals surface area contributed by atoms with E-state index in [0.717, 1.165) is 17.1 Å². The minimum atomic E-state index is 0.0729. The monoisotopic (exact) mass is 213 g/mol. The van der Waals surface area contributed by atoms with Crippen molar-refractivity contribution in [1.29, 1.82) is 0 Å². The zero-order chi connectivity index (χ0) is 10.8. The van der Waals surface area contributed by atoms with Crippen LogP contribution in [0.4, 0.5) is 0 Å². The van der Waals surface area contributed by atoms with Gasteiger partial charge in [-0.05, 0) is 24.3 Å². The molecule has 3 rings (SSSR count). The second kappa shape index (κ2) is 3.73. The fourth-order valence-electron chi connectivity index (χ4n) is 1.90. The van der Waals surface area contributed by atoms with Crippen LogP contribution in [0.1, 0.15) is 23.0 Å². The van der Waals surface area contributed by atoms with Crippen molar-refractivity contribution in [2.75, 3.05) is 0 Å². The third-order valence-corrected chi connectivity index (χ3v) is 2.61. The van der Waals surface area contributed by atoms with E-state index < -0.39 is 0 Å². The minimum absolute atomic E-state index is 0.0729. The average Bonchev–Trinajstić information content (AvgIpc) is 3.02. The maximum Gasteiger partial charge on any atom is 0.180 e. The molecule has 0 bridgehead atoms. The van der Waals surface area contributed by atoms with Crippen LogP contribution < -0.4 is 0 Å². The average molecular weight is 213 g/mol. The van der Waals surface area contributed by atoms with Crippen molar-refractivity contribution in [1.82, 2.24) is 15.0 Å². The van der Waals surface area contributed by atoms with Crippen LogP contribution >= 0.6 is 0 Å². The molecule has 0 fully saturated rings. The molecular weight excluding hydrogens is 202 g/mol. The van der Waals surface area contributed by atoms with Gasteiger partial charge < -0.3 is 14.4 Å². The summed E-state index contributed by atoms with van der Waals surface area (Å²) in [4.78, 5) is 10.6. The molecule has 0 aliphatic heterocycles. The van der Waals surface area contributed by atoms with Gasteiger partial charge in [0, 0.05) is 23.8 Å². The van der Waals surface area contributed by atoms with Gasteiger partial charge in [0.2, 0.25) is 0 Å². The molecule has 0 saturated heterocycles. The summed E-state index contributed by atoms with van der Waals surface area (Å²) in [5.41, 5.74) is 3.08. The lowest BCUT2D eigenvalue weighted by Gasteiger charge is -2.10. The smallest absolute Gasteiger partial charge is 0.180 e. The number of aromatic nitrogens is 3. The van der Waals surface area contributed by atoms with Crippen molar-refractivity contribution in [3.05, 3.63) is 66.4 Å². The molecule has 3 aromatic heterocycles. The number of nitrogens with one attached hydrogen (secondary N) is 2. The van der Waals surface area contributed by atoms with Gasteiger partial charge in [0.15, 0.2) is 6.39 Å². The van der Waals surface area contributed by atoms with E-state index >= 15 is 0 Å². The van der Waals surface area contributed by atoms with Gasteiger partial charge in [0.25, 0.3) is 0 Å². The van der Waals surface area contributed by atoms with E-state index in [2.05, 4.69) is 15.0 Å². The van der Waals surface area contributed by atoms with Crippen LogP contribution in [0.3, 0.4) is 0 Å². The third-order valence-electron chi connectivity index (χ3n) is 2.61. The number of hydrogen-bond acceptors (Lipinski definition) is 2. The highest BCUT2D eigenvalue weighted by Gasteiger charge is 2.20. The van der Waals surface area contributed by atoms with Gasteiger partial charge in [-0.1, -0.05) is 0 Å². The Hall–Kier alpha value is -2.23. The standard InChI is InChI=1S/C12H11N3O/c1-3-9(13-5-1)12(10-4-2-6-14-10)11-7-16-8-15-11/h1-8,12-14H. The van der Waals surface area contributed by atoms with Gasteiger partial charge in [-0.3, -0.25) is 0 Å². The summed E-state index contributed by atoms with van der Waals surface area (Å²) < 4.78 is 5.05. The van der Waals surface area contributed by atoms with Crippen LogP contribution in [0.2, 0.25) is 0 Å². The Labute approximate surface area is 92.3 Å². The first-order valence-corrected chi connectivity index (χ1v) is 5.10. The van der Waals surface area contributed by atoms with E-state index in [0.29, 0.717) is 0 Å². The molecular formula is C12H11N3O. The van der Waals surface area contributed by atoms with Gasteiger partial charge in [-0.2, -0.15) is 0 Å². The lowest BCUT2D eigenvalue weighted by Crippen LogP contribution is -2.04. The van der Waals surface area contributed by atoms with E-state index in [-0.39, 0.29) is 5.92 Å². The molecule has 16 heavy (non-hydrogen) atoms. The molecule has 0 aliphatic rings. The van der Waals surface area contributed by atoms with Crippen LogP contribution in [0.15, 0.2) is 53.7 Å². The molecule has 0 spiro atoms. The summed E-state index contributed by atoms with van der Waals surface area (Å²) in [5, 5.41) is 0. The van der Waals surface area contributed by atoms with Crippen molar-refractivity contribution in [2.45, 2.75) is 5.92 Å². The molecule has 4 nitrogen and oxygen atoms in total. The van der Waals surface area contributed by atoms with E-state index in [1.165, 1.54) is 6.39 Å². The molecule has 0 aromatic carbocycles. The number of nitrogens with zero attached hydrogens (tertiary/aromatic N) is 1. The van der Waals surface area contributed by atoms with Gasteiger partial charge >= 0.3 is 0 Å². The zero-order valence-corrected chi connectivity index (χ0v) is 8.55. The van der Waals surface area contributed by atoms with E-state index in [1.54, 1.807) is 6.26 Å². The van der Waals surface area contributed by atoms with Crippen LogP contribution in [-0.2, 0) is 0 Å². The number of H-pyrrole nitrogens is 2. The predicted molar refractivity (Wildman–Crippen MR) is 59.0 cm³/mol. The van der Waals surface area contributed by atoms with E-state index in [1.807, 2.05) is 36.7 Å². The maximum atomic E-state index is 5.05. The highest BCUT2D eigenvalue weighted by molar-refractivity contribution is 5.32. The van der Waals surface area contributed by atoms with Crippen molar-refractivity contribution < 1.29 is 4.42 Å². The quantitative estimate of drug-likeness (QED) is 0.702. The summed E-state index contributed by atoms with van der Waals surface area (Å²) >= 11 is 0. The highest BCUT2D eigenvalue weighted by atomic mass is 16.3. The molecule has 0 radical (unpaired) electrons. The Morgan fingerprint density at radius 1 is 1.06 bits per heavy atom. The number of hydrogen-bond donors (Lipinski definition) is 2. The van der Waals surface area contributed by atoms with Crippen LogP contribution in [0, 0.1) is 0 Å². The first-order chi connectivity index (χ1) is 7.95. The Bertz CT molecular complexity index is 441. The van der Waals surface area contributed by atoms with E-state index in [9.17, 15) is 0 Å². The van der Waals surface area contributed by atoms with Crippen LogP contribution in [0.5, 0.6) is 0 Å². The molecule has 0 atom stereocenters. The number of oxazole rings is 1. The summed E-state index contributed by atoms with van der Waals surface area (Å²) in [7, 11) is 0. The second-order valence-electron chi connectivity index (χ2n) is 3.60. The van der Waals surface area contributed by atoms with Crippen molar-refractivity contribution in [3.63, 3.8) is 0 Å². The van der Waals surface area contributed by atoms with Gasteiger partial charge in [-0.15, -0.1) is 0 Å². The third kappa shape index (κ3) is 1.44. The van der Waals surface area contributed by atoms with Crippen LogP contribution in [-0.4, -0.2) is 15.0 Å². The van der Waals surface area contributed by atoms with Gasteiger partial charge in [-0.25, -0.2) is 4.98 Å². The summed E-state index contributed by atoms with van der Waals surface area (Å²) in [6.45, 7) is 0. The van der Waals surface area contributed by atoms with Crippen molar-refractivity contribution >= 4 is 0 Å². The summed E-state index contributed by atoms with van der Waals surface area (Å²) in [5.74, 6) is 0.0729. The molecule has 4 heteroatoms. The van der Waals surface area contributed by atoms with Crippen molar-refractivity contribution in [2.24, 2.45) is 0 Å². The van der Waals surface area contributed by atoms with Gasteiger partial charge in [0.1, 0.15) is 6.26 Å². The first-order valence-electron chi connectivity index (χ1n) is 5.10. The Balaban J connectivity index is 2.09. The lowest BCUT2D eigenvalue weighted by atomic mass is 9.99. The molecule has 0 aliphatic carbocycles. The maximum absolute atomic E-state index is 5.05. The fourth-order valence-corrected chi connectivity index (χ4v) is 1.90. The zero-order valence-electron chi connectivity index (χ0n) is 8.55. The Morgan fingerprint density at radius 2 is 1.75 bits per heavy atom. The second-order valence-corrected chi connectivity index (χ2v) is 3.60. The Kier molecular flexibility index (Phi) is 2.11. The first kappa shape index (κ1) is 9.03. The lowest BCUT2D eigenvalue weighted by molar-refractivity contribution is 0.555. The highest BCUT2D eigenvalue weighted by Crippen LogP contribution is 2.28. The summed E-state index contributed by atoms with van der Waals surface area (Å²) in [6, 6.07) is 8.04. The van der Waals surface area contributed by atoms with Crippen molar-refractivity contribution in [3.8, 4) is 0 Å². The molecule has 2 N–H and O–H groups in total. The topological polar surface area (TPSA) is 57.6 Å². The molecule has 0 unspecified atom stereocenters. The molecule has 0 saturated carbocycles. The molecule has 0 amide bonds. The molecule has 3 aromatic rings. The van der Waals surface area contributed by atoms with Gasteiger partial charge in [0.05, 0.1) is 11.6 Å². The summed E-state index contributed by atoms with van der Waals surface area (Å²) in [6.07, 6.45) is 6.94. The fraction of sp³-hybridized carbons (Fsp3) is 0.0833.